The Morgan fingerprint density at radius 2 is 0.855 bits per heavy atom. The van der Waals surface area contributed by atoms with Gasteiger partial charge in [-0.3, -0.25) is 24.4 Å². The normalized spacial score (nSPS) is 16.7. The fraction of sp³-hybridized carbons (Fsp3) is 0.317. The van der Waals surface area contributed by atoms with Crippen LogP contribution in [-0.4, -0.2) is 151 Å². The minimum absolute atomic E-state index is 0.226. The van der Waals surface area contributed by atoms with Crippen LogP contribution in [0, 0.1) is 0 Å². The van der Waals surface area contributed by atoms with E-state index >= 15 is 4.79 Å². The molecule has 8 aromatic rings. The van der Waals surface area contributed by atoms with Crippen LogP contribution in [0.4, 0.5) is 0 Å². The number of benzene rings is 6. The van der Waals surface area contributed by atoms with Crippen LogP contribution in [0.3, 0.4) is 0 Å². The molecule has 4 unspecified atom stereocenters. The molecule has 2 aliphatic rings. The van der Waals surface area contributed by atoms with E-state index in [1.165, 1.54) is 0 Å². The Morgan fingerprint density at radius 1 is 0.500 bits per heavy atom. The van der Waals surface area contributed by atoms with Crippen LogP contribution in [0.25, 0.3) is 21.8 Å². The van der Waals surface area contributed by atoms with Crippen LogP contribution in [-0.2, 0) is 17.9 Å². The average molecular weight is 1150 g/mol. The number of rotatable bonds is 20. The number of carbonyl (C=O) groups is 1. The molecule has 2 saturated heterocycles. The van der Waals surface area contributed by atoms with E-state index in [1.54, 1.807) is 14.2 Å². The summed E-state index contributed by atoms with van der Waals surface area (Å²) in [5.41, 5.74) is 8.09. The van der Waals surface area contributed by atoms with Gasteiger partial charge in [0.05, 0.1) is 49.4 Å². The van der Waals surface area contributed by atoms with Gasteiger partial charge in [-0.1, -0.05) is 153 Å². The fourth-order valence-corrected chi connectivity index (χ4v) is 12.1. The summed E-state index contributed by atoms with van der Waals surface area (Å²) in [5.74, 6) is 1.35. The molecule has 0 amide bonds. The molecule has 4 heterocycles. The fourth-order valence-electron chi connectivity index (χ4n) is 11.3. The lowest BCUT2D eigenvalue weighted by molar-refractivity contribution is -0.133. The first-order valence-corrected chi connectivity index (χ1v) is 28.0. The van der Waals surface area contributed by atoms with Crippen LogP contribution in [0.1, 0.15) is 45.5 Å². The first kappa shape index (κ1) is 53.5. The number of Topliss-reactive ketones (excluding diaryl/α,β-unsaturated/α-hetero) is 1. The van der Waals surface area contributed by atoms with Crippen LogP contribution in [0.5, 0.6) is 11.8 Å². The number of hydrogen-bond donors (Lipinski definition) is 0. The third-order valence-electron chi connectivity index (χ3n) is 15.4. The summed E-state index contributed by atoms with van der Waals surface area (Å²) >= 11 is 7.49. The molecule has 0 radical (unpaired) electrons. The van der Waals surface area contributed by atoms with Crippen molar-refractivity contribution in [3.8, 4) is 11.8 Å². The maximum absolute atomic E-state index is 17.0. The Hall–Kier alpha value is -5.87. The Balaban J connectivity index is 1.14. The molecule has 4 atom stereocenters. The molecule has 76 heavy (non-hydrogen) atoms. The van der Waals surface area contributed by atoms with Gasteiger partial charge >= 0.3 is 0 Å². The van der Waals surface area contributed by atoms with E-state index in [2.05, 4.69) is 221 Å². The monoisotopic (exact) mass is 1140 g/mol. The number of nitrogens with zero attached hydrogens (tertiary/aromatic N) is 8. The largest absolute Gasteiger partial charge is 0.481 e. The molecule has 0 saturated carbocycles. The quantitative estimate of drug-likeness (QED) is 0.0732. The van der Waals surface area contributed by atoms with Crippen molar-refractivity contribution in [3.63, 3.8) is 0 Å². The number of methoxy groups -OCH3 is 2. The van der Waals surface area contributed by atoms with E-state index < -0.39 is 12.1 Å². The summed E-state index contributed by atoms with van der Waals surface area (Å²) in [5, 5.41) is 2.01. The summed E-state index contributed by atoms with van der Waals surface area (Å²) in [6, 6.07) is 57.9. The molecule has 0 aliphatic carbocycles. The first-order valence-electron chi connectivity index (χ1n) is 26.5. The number of pyridine rings is 2. The zero-order chi connectivity index (χ0) is 52.5. The number of fused-ring (bicyclic) bond motifs is 2. The van der Waals surface area contributed by atoms with Gasteiger partial charge in [0.2, 0.25) is 11.8 Å². The molecule has 0 bridgehead atoms. The standard InChI is InChI=1S/C63H68Br2N8O3/c1-68-29-33-70(34-30-68)57(43-72(41-45-17-9-5-10-18-45)59(47-21-13-7-14-22-47)53-39-49-37-51(64)25-27-55(49)66-62(53)75-3)61(74)58(71-35-31-69(2)32-36-71)44-73(42-46-19-11-6-12-20-46)60(48-23-15-8-16-24-48)54-40-50-38-52(65)26-28-56(50)67-63(54)76-4/h5-28,37-40,57-60H,29-36,41-44H2,1-4H3. The highest BCUT2D eigenvalue weighted by Gasteiger charge is 2.42. The van der Waals surface area contributed by atoms with E-state index in [0.29, 0.717) is 37.9 Å². The number of hydrogen-bond acceptors (Lipinski definition) is 11. The highest BCUT2D eigenvalue weighted by Crippen LogP contribution is 2.40. The Labute approximate surface area is 465 Å². The second-order valence-corrected chi connectivity index (χ2v) is 22.2. The Morgan fingerprint density at radius 3 is 1.21 bits per heavy atom. The first-order chi connectivity index (χ1) is 37.1. The van der Waals surface area contributed by atoms with Gasteiger partial charge in [0.15, 0.2) is 5.78 Å². The SMILES string of the molecule is COc1nc2ccc(Br)cc2cc1C(c1ccccc1)N(Cc1ccccc1)CC(C(=O)C(CN(Cc1ccccc1)C(c1ccccc1)c1cc2cc(Br)ccc2nc1OC)N1CCN(C)CC1)N1CCN(C)CC1. The van der Waals surface area contributed by atoms with Gasteiger partial charge in [0, 0.05) is 109 Å². The zero-order valence-corrected chi connectivity index (χ0v) is 47.2. The van der Waals surface area contributed by atoms with Crippen molar-refractivity contribution >= 4 is 59.4 Å². The minimum atomic E-state index is -0.482. The smallest absolute Gasteiger partial charge is 0.218 e. The van der Waals surface area contributed by atoms with Gasteiger partial charge in [0.25, 0.3) is 0 Å². The van der Waals surface area contributed by atoms with E-state index in [1.807, 2.05) is 24.3 Å². The van der Waals surface area contributed by atoms with Crippen molar-refractivity contribution in [3.05, 3.63) is 212 Å². The number of likely N-dealkylation sites (N-methyl/N-ethyl adjacent to an activating group) is 2. The lowest BCUT2D eigenvalue weighted by atomic mass is 9.92. The van der Waals surface area contributed by atoms with E-state index in [-0.39, 0.29) is 17.9 Å². The van der Waals surface area contributed by atoms with Crippen molar-refractivity contribution in [2.45, 2.75) is 37.3 Å². The van der Waals surface area contributed by atoms with E-state index in [0.717, 1.165) is 116 Å². The van der Waals surface area contributed by atoms with Crippen molar-refractivity contribution < 1.29 is 14.3 Å². The average Bonchev–Trinajstić information content (AvgIpc) is 3.45. The predicted molar refractivity (Wildman–Crippen MR) is 313 cm³/mol. The molecular weight excluding hydrogens is 1080 g/mol. The van der Waals surface area contributed by atoms with Crippen molar-refractivity contribution in [1.82, 2.24) is 39.4 Å². The molecule has 6 aromatic carbocycles. The molecule has 10 rings (SSSR count). The highest BCUT2D eigenvalue weighted by molar-refractivity contribution is 9.10. The number of aromatic nitrogens is 2. The summed E-state index contributed by atoms with van der Waals surface area (Å²) in [7, 11) is 7.80. The Kier molecular flexibility index (Phi) is 17.7. The third kappa shape index (κ3) is 12.6. The number of piperazine rings is 2. The van der Waals surface area contributed by atoms with Crippen LogP contribution >= 0.6 is 31.9 Å². The molecule has 392 valence electrons. The number of ether oxygens (including phenoxy) is 2. The molecule has 13 heteroatoms. The molecule has 0 N–H and O–H groups in total. The van der Waals surface area contributed by atoms with Crippen LogP contribution < -0.4 is 9.47 Å². The van der Waals surface area contributed by atoms with Gasteiger partial charge in [-0.05, 0) is 84.9 Å². The maximum Gasteiger partial charge on any atom is 0.218 e. The number of ketones is 1. The number of halogens is 2. The summed E-state index contributed by atoms with van der Waals surface area (Å²) < 4.78 is 14.5. The summed E-state index contributed by atoms with van der Waals surface area (Å²) in [4.78, 5) is 42.1. The van der Waals surface area contributed by atoms with Gasteiger partial charge in [-0.15, -0.1) is 0 Å². The van der Waals surface area contributed by atoms with Crippen LogP contribution in [0.15, 0.2) is 179 Å². The predicted octanol–water partition coefficient (Wildman–Crippen LogP) is 11.0. The topological polar surface area (TPSA) is 80.7 Å². The maximum atomic E-state index is 17.0. The van der Waals surface area contributed by atoms with Gasteiger partial charge in [-0.25, -0.2) is 9.97 Å². The van der Waals surface area contributed by atoms with Crippen molar-refractivity contribution in [2.24, 2.45) is 0 Å². The number of carbonyl (C=O) groups excluding carboxylic acids is 1. The van der Waals surface area contributed by atoms with Gasteiger partial charge < -0.3 is 19.3 Å². The van der Waals surface area contributed by atoms with Crippen LogP contribution in [0.2, 0.25) is 0 Å². The Bertz CT molecular complexity index is 2970. The lowest BCUT2D eigenvalue weighted by Crippen LogP contribution is -2.63. The van der Waals surface area contributed by atoms with Crippen molar-refractivity contribution in [2.75, 3.05) is 93.8 Å². The second-order valence-electron chi connectivity index (χ2n) is 20.4. The molecule has 11 nitrogen and oxygen atoms in total. The lowest BCUT2D eigenvalue weighted by Gasteiger charge is -2.46. The molecule has 2 fully saturated rings. The minimum Gasteiger partial charge on any atom is -0.481 e. The highest BCUT2D eigenvalue weighted by atomic mass is 79.9. The molecule has 2 aliphatic heterocycles. The summed E-state index contributed by atoms with van der Waals surface area (Å²) in [6.07, 6.45) is 0. The van der Waals surface area contributed by atoms with Crippen molar-refractivity contribution in [1.29, 1.82) is 0 Å². The molecule has 2 aromatic heterocycles. The van der Waals surface area contributed by atoms with E-state index in [9.17, 15) is 0 Å². The van der Waals surface area contributed by atoms with Gasteiger partial charge in [-0.2, -0.15) is 0 Å². The molecular formula is C63H68Br2N8O3. The summed E-state index contributed by atoms with van der Waals surface area (Å²) in [6.45, 7) is 8.59. The third-order valence-corrected chi connectivity index (χ3v) is 16.3. The zero-order valence-electron chi connectivity index (χ0n) is 44.0. The molecule has 0 spiro atoms. The second kappa shape index (κ2) is 25.1. The van der Waals surface area contributed by atoms with E-state index in [4.69, 9.17) is 19.4 Å². The van der Waals surface area contributed by atoms with Gasteiger partial charge in [0.1, 0.15) is 0 Å².